The lowest BCUT2D eigenvalue weighted by Gasteiger charge is -2.34. The molecule has 31 heavy (non-hydrogen) atoms. The van der Waals surface area contributed by atoms with Gasteiger partial charge in [-0.15, -0.1) is 0 Å². The second kappa shape index (κ2) is 8.47. The lowest BCUT2D eigenvalue weighted by atomic mass is 10.1. The molecule has 162 valence electrons. The molecule has 0 aliphatic carbocycles. The fourth-order valence-electron chi connectivity index (χ4n) is 3.58. The van der Waals surface area contributed by atoms with Crippen molar-refractivity contribution in [1.82, 2.24) is 5.32 Å². The first-order valence-corrected chi connectivity index (χ1v) is 11.8. The Balaban J connectivity index is 1.39. The number of rotatable bonds is 6. The van der Waals surface area contributed by atoms with E-state index in [4.69, 9.17) is 9.47 Å². The third-order valence-electron chi connectivity index (χ3n) is 5.09. The number of anilines is 1. The number of carbonyl (C=O) groups excluding carboxylic acids is 1. The molecule has 1 atom stereocenters. The third kappa shape index (κ3) is 4.59. The van der Waals surface area contributed by atoms with Crippen molar-refractivity contribution in [2.24, 2.45) is 0 Å². The van der Waals surface area contributed by atoms with Crippen LogP contribution < -0.4 is 19.1 Å². The first-order chi connectivity index (χ1) is 14.8. The Morgan fingerprint density at radius 1 is 1.16 bits per heavy atom. The van der Waals surface area contributed by atoms with Gasteiger partial charge in [-0.25, -0.2) is 8.42 Å². The molecule has 0 aromatic heterocycles. The molecule has 3 aromatic rings. The zero-order valence-electron chi connectivity index (χ0n) is 17.4. The first kappa shape index (κ1) is 21.0. The minimum atomic E-state index is -3.55. The highest BCUT2D eigenvalue weighted by Crippen LogP contribution is 2.35. The highest BCUT2D eigenvalue weighted by atomic mass is 32.2. The number of ether oxygens (including phenoxy) is 2. The zero-order valence-corrected chi connectivity index (χ0v) is 18.2. The lowest BCUT2D eigenvalue weighted by molar-refractivity contribution is -0.127. The largest absolute Gasteiger partial charge is 0.491 e. The number of benzene rings is 3. The van der Waals surface area contributed by atoms with Crippen LogP contribution in [0.15, 0.2) is 60.7 Å². The van der Waals surface area contributed by atoms with Gasteiger partial charge in [0.05, 0.1) is 25.0 Å². The van der Waals surface area contributed by atoms with Crippen LogP contribution in [-0.2, 0) is 14.8 Å². The van der Waals surface area contributed by atoms with Gasteiger partial charge in [0, 0.05) is 5.39 Å². The van der Waals surface area contributed by atoms with Crippen LogP contribution in [0.4, 0.5) is 5.69 Å². The molecule has 8 heteroatoms. The van der Waals surface area contributed by atoms with Crippen molar-refractivity contribution in [1.29, 1.82) is 0 Å². The number of amides is 1. The Morgan fingerprint density at radius 2 is 1.94 bits per heavy atom. The molecule has 0 fully saturated rings. The molecule has 0 spiro atoms. The molecule has 4 rings (SSSR count). The van der Waals surface area contributed by atoms with Gasteiger partial charge >= 0.3 is 0 Å². The van der Waals surface area contributed by atoms with E-state index in [1.54, 1.807) is 12.1 Å². The molecule has 1 N–H and O–H groups in total. The minimum Gasteiger partial charge on any atom is -0.491 e. The molecular formula is C23H24N2O5S. The SMILES string of the molecule is Cc1ccc2c(c1)O[C@@H](C(=O)NCCOc1cccc3ccccc13)CN2S(C)(=O)=O. The van der Waals surface area contributed by atoms with Crippen molar-refractivity contribution in [3.63, 3.8) is 0 Å². The number of nitrogens with one attached hydrogen (secondary N) is 1. The Labute approximate surface area is 181 Å². The van der Waals surface area contributed by atoms with E-state index in [0.29, 0.717) is 11.4 Å². The molecule has 1 aliphatic rings. The van der Waals surface area contributed by atoms with Crippen LogP contribution in [0.5, 0.6) is 11.5 Å². The fraction of sp³-hybridized carbons (Fsp3) is 0.261. The summed E-state index contributed by atoms with van der Waals surface area (Å²) in [5, 5.41) is 4.86. The molecule has 3 aromatic carbocycles. The normalized spacial score (nSPS) is 15.8. The number of fused-ring (bicyclic) bond motifs is 2. The lowest BCUT2D eigenvalue weighted by Crippen LogP contribution is -2.51. The van der Waals surface area contributed by atoms with E-state index in [-0.39, 0.29) is 25.6 Å². The maximum Gasteiger partial charge on any atom is 0.263 e. The molecule has 1 heterocycles. The second-order valence-corrected chi connectivity index (χ2v) is 9.40. The van der Waals surface area contributed by atoms with Crippen molar-refractivity contribution in [2.75, 3.05) is 30.3 Å². The van der Waals surface area contributed by atoms with Crippen LogP contribution in [0.2, 0.25) is 0 Å². The van der Waals surface area contributed by atoms with E-state index in [1.807, 2.05) is 55.5 Å². The van der Waals surface area contributed by atoms with Crippen LogP contribution in [0.25, 0.3) is 10.8 Å². The summed E-state index contributed by atoms with van der Waals surface area (Å²) in [6.07, 6.45) is 0.177. The van der Waals surface area contributed by atoms with Crippen molar-refractivity contribution >= 4 is 32.4 Å². The van der Waals surface area contributed by atoms with Crippen molar-refractivity contribution in [2.45, 2.75) is 13.0 Å². The van der Waals surface area contributed by atoms with E-state index in [9.17, 15) is 13.2 Å². The molecule has 0 unspecified atom stereocenters. The molecular weight excluding hydrogens is 416 g/mol. The van der Waals surface area contributed by atoms with Gasteiger partial charge in [0.1, 0.15) is 18.1 Å². The Morgan fingerprint density at radius 3 is 2.74 bits per heavy atom. The Bertz CT molecular complexity index is 1220. The summed E-state index contributed by atoms with van der Waals surface area (Å²) in [4.78, 5) is 12.7. The summed E-state index contributed by atoms with van der Waals surface area (Å²) in [6, 6.07) is 19.0. The summed E-state index contributed by atoms with van der Waals surface area (Å²) in [7, 11) is -3.55. The van der Waals surface area contributed by atoms with E-state index in [0.717, 1.165) is 28.3 Å². The highest BCUT2D eigenvalue weighted by Gasteiger charge is 2.34. The molecule has 1 aliphatic heterocycles. The summed E-state index contributed by atoms with van der Waals surface area (Å²) in [5.41, 5.74) is 1.35. The van der Waals surface area contributed by atoms with Gasteiger partial charge in [-0.05, 0) is 36.1 Å². The molecule has 0 radical (unpaired) electrons. The number of hydrogen-bond acceptors (Lipinski definition) is 5. The van der Waals surface area contributed by atoms with E-state index in [2.05, 4.69) is 5.32 Å². The van der Waals surface area contributed by atoms with Crippen LogP contribution in [0.1, 0.15) is 5.56 Å². The van der Waals surface area contributed by atoms with Gasteiger partial charge in [0.15, 0.2) is 6.10 Å². The monoisotopic (exact) mass is 440 g/mol. The fourth-order valence-corrected chi connectivity index (χ4v) is 4.50. The van der Waals surface area contributed by atoms with Gasteiger partial charge in [-0.1, -0.05) is 42.5 Å². The molecule has 0 saturated carbocycles. The van der Waals surface area contributed by atoms with Crippen molar-refractivity contribution in [3.05, 3.63) is 66.2 Å². The number of hydrogen-bond donors (Lipinski definition) is 1. The molecule has 0 saturated heterocycles. The van der Waals surface area contributed by atoms with Gasteiger partial charge in [-0.2, -0.15) is 0 Å². The number of carbonyl (C=O) groups is 1. The predicted octanol–water partition coefficient (Wildman–Crippen LogP) is 2.87. The van der Waals surface area contributed by atoms with Gasteiger partial charge < -0.3 is 14.8 Å². The van der Waals surface area contributed by atoms with Crippen LogP contribution in [0, 0.1) is 6.92 Å². The van der Waals surface area contributed by atoms with E-state index < -0.39 is 16.1 Å². The summed E-state index contributed by atoms with van der Waals surface area (Å²) in [6.45, 7) is 2.34. The van der Waals surface area contributed by atoms with Gasteiger partial charge in [0.25, 0.3) is 5.91 Å². The average Bonchev–Trinajstić information content (AvgIpc) is 2.75. The van der Waals surface area contributed by atoms with E-state index in [1.165, 1.54) is 4.31 Å². The minimum absolute atomic E-state index is 0.0785. The average molecular weight is 441 g/mol. The van der Waals surface area contributed by atoms with Crippen LogP contribution in [0.3, 0.4) is 0 Å². The Kier molecular flexibility index (Phi) is 5.73. The zero-order chi connectivity index (χ0) is 22.0. The maximum atomic E-state index is 12.7. The first-order valence-electron chi connectivity index (χ1n) is 9.96. The van der Waals surface area contributed by atoms with E-state index >= 15 is 0 Å². The summed E-state index contributed by atoms with van der Waals surface area (Å²) in [5.74, 6) is 0.736. The van der Waals surface area contributed by atoms with Crippen LogP contribution >= 0.6 is 0 Å². The van der Waals surface area contributed by atoms with Crippen LogP contribution in [-0.4, -0.2) is 46.4 Å². The Hall–Kier alpha value is -3.26. The number of nitrogens with zero attached hydrogens (tertiary/aromatic N) is 1. The predicted molar refractivity (Wildman–Crippen MR) is 120 cm³/mol. The van der Waals surface area contributed by atoms with Crippen molar-refractivity contribution < 1.29 is 22.7 Å². The summed E-state index contributed by atoms with van der Waals surface area (Å²) >= 11 is 0. The second-order valence-electron chi connectivity index (χ2n) is 7.49. The molecule has 1 amide bonds. The standard InChI is InChI=1S/C23H24N2O5S/c1-16-10-11-19-21(14-16)30-22(15-25(19)31(2,27)28)23(26)24-12-13-29-20-9-5-7-17-6-3-4-8-18(17)20/h3-11,14,22H,12-13,15H2,1-2H3,(H,24,26)/t22-/m1/s1. The van der Waals surface area contributed by atoms with Crippen molar-refractivity contribution in [3.8, 4) is 11.5 Å². The highest BCUT2D eigenvalue weighted by molar-refractivity contribution is 7.92. The quantitative estimate of drug-likeness (QED) is 0.596. The smallest absolute Gasteiger partial charge is 0.263 e. The number of aryl methyl sites for hydroxylation is 1. The third-order valence-corrected chi connectivity index (χ3v) is 6.23. The number of sulfonamides is 1. The van der Waals surface area contributed by atoms with Gasteiger partial charge in [0.2, 0.25) is 10.0 Å². The summed E-state index contributed by atoms with van der Waals surface area (Å²) < 4.78 is 37.4. The maximum absolute atomic E-state index is 12.7. The molecule has 7 nitrogen and oxygen atoms in total. The van der Waals surface area contributed by atoms with Gasteiger partial charge in [-0.3, -0.25) is 9.10 Å². The topological polar surface area (TPSA) is 84.9 Å². The molecule has 0 bridgehead atoms.